The van der Waals surface area contributed by atoms with E-state index in [0.717, 1.165) is 36.9 Å². The van der Waals surface area contributed by atoms with Gasteiger partial charge in [-0.2, -0.15) is 0 Å². The second-order valence-electron chi connectivity index (χ2n) is 9.31. The number of esters is 1. The van der Waals surface area contributed by atoms with Gasteiger partial charge in [0.15, 0.2) is 11.5 Å². The molecule has 2 bridgehead atoms. The van der Waals surface area contributed by atoms with Crippen molar-refractivity contribution in [2.24, 2.45) is 17.8 Å². The molecule has 3 aliphatic carbocycles. The predicted octanol–water partition coefficient (Wildman–Crippen LogP) is 5.13. The van der Waals surface area contributed by atoms with Crippen LogP contribution < -0.4 is 5.32 Å². The summed E-state index contributed by atoms with van der Waals surface area (Å²) in [7, 11) is 1.47. The molecule has 0 spiro atoms. The first-order valence-electron chi connectivity index (χ1n) is 11.9. The van der Waals surface area contributed by atoms with E-state index in [0.29, 0.717) is 45.4 Å². The van der Waals surface area contributed by atoms with Gasteiger partial charge >= 0.3 is 5.97 Å². The minimum Gasteiger partial charge on any atom is -0.469 e. The largest absolute Gasteiger partial charge is 0.469 e. The van der Waals surface area contributed by atoms with Crippen LogP contribution >= 0.6 is 11.6 Å². The van der Waals surface area contributed by atoms with Gasteiger partial charge in [-0.3, -0.25) is 4.79 Å². The maximum absolute atomic E-state index is 12.8. The van der Waals surface area contributed by atoms with Gasteiger partial charge in [0.2, 0.25) is 0 Å². The van der Waals surface area contributed by atoms with E-state index in [1.54, 1.807) is 6.20 Å². The summed E-state index contributed by atoms with van der Waals surface area (Å²) >= 11 is 6.13. The Morgan fingerprint density at radius 2 is 1.86 bits per heavy atom. The number of hydrogen-bond acceptors (Lipinski definition) is 7. The highest BCUT2D eigenvalue weighted by atomic mass is 35.5. The smallest absolute Gasteiger partial charge is 0.311 e. The Labute approximate surface area is 207 Å². The Kier molecular flexibility index (Phi) is 5.60. The van der Waals surface area contributed by atoms with Crippen molar-refractivity contribution < 1.29 is 9.53 Å². The number of hydrogen-bond donors (Lipinski definition) is 2. The van der Waals surface area contributed by atoms with Crippen molar-refractivity contribution in [1.82, 2.24) is 24.9 Å². The van der Waals surface area contributed by atoms with Crippen LogP contribution in [0.3, 0.4) is 0 Å². The summed E-state index contributed by atoms with van der Waals surface area (Å²) in [6.45, 7) is 0. The third-order valence-electron chi connectivity index (χ3n) is 7.40. The van der Waals surface area contributed by atoms with Gasteiger partial charge in [-0.25, -0.2) is 19.9 Å². The molecule has 3 aromatic heterocycles. The summed E-state index contributed by atoms with van der Waals surface area (Å²) in [4.78, 5) is 34.4. The lowest BCUT2D eigenvalue weighted by molar-refractivity contribution is -0.152. The Morgan fingerprint density at radius 1 is 1.09 bits per heavy atom. The third kappa shape index (κ3) is 4.01. The summed E-state index contributed by atoms with van der Waals surface area (Å²) in [6, 6.07) is 11.9. The highest BCUT2D eigenvalue weighted by Gasteiger charge is 2.48. The molecule has 9 heteroatoms. The lowest BCUT2D eigenvalue weighted by Crippen LogP contribution is -2.51. The Hall–Kier alpha value is -3.52. The van der Waals surface area contributed by atoms with Gasteiger partial charge < -0.3 is 15.0 Å². The van der Waals surface area contributed by atoms with E-state index in [-0.39, 0.29) is 17.9 Å². The summed E-state index contributed by atoms with van der Waals surface area (Å²) in [5.41, 5.74) is 3.68. The van der Waals surface area contributed by atoms with Crippen molar-refractivity contribution >= 4 is 34.6 Å². The standard InChI is InChI=1S/C26H25ClN6O2/c1-35-26(34)21-15-7-9-16(10-8-15)22(21)32-20-11-18(14-5-3-2-4-6-14)30-24(33-20)17-12-28-25-23(17)31-19(27)13-29-25/h2-6,11-13,15-16,21-22H,7-10H2,1H3,(H,28,29)(H,30,32,33). The first-order chi connectivity index (χ1) is 17.1. The first kappa shape index (κ1) is 22.0. The zero-order valence-electron chi connectivity index (χ0n) is 19.2. The summed E-state index contributed by atoms with van der Waals surface area (Å²) in [6.07, 6.45) is 7.66. The SMILES string of the molecule is COC(=O)C1C2CCC(CC2)C1Nc1cc(-c2ccccc2)nc(-c2c[nH]c3ncc(Cl)nc23)n1. The van der Waals surface area contributed by atoms with Gasteiger partial charge in [-0.1, -0.05) is 41.9 Å². The van der Waals surface area contributed by atoms with Crippen LogP contribution in [0.1, 0.15) is 25.7 Å². The number of ether oxygens (including phenoxy) is 1. The molecule has 2 atom stereocenters. The van der Waals surface area contributed by atoms with E-state index in [2.05, 4.69) is 20.3 Å². The molecule has 3 saturated carbocycles. The molecule has 3 aliphatic rings. The van der Waals surface area contributed by atoms with Crippen LogP contribution in [0.15, 0.2) is 48.8 Å². The summed E-state index contributed by atoms with van der Waals surface area (Å²) in [5, 5.41) is 3.93. The Bertz CT molecular complexity index is 1380. The second kappa shape index (κ2) is 8.92. The quantitative estimate of drug-likeness (QED) is 0.375. The van der Waals surface area contributed by atoms with Gasteiger partial charge in [0.1, 0.15) is 16.5 Å². The highest BCUT2D eigenvalue weighted by Crippen LogP contribution is 2.46. The van der Waals surface area contributed by atoms with Gasteiger partial charge in [-0.05, 0) is 37.5 Å². The van der Waals surface area contributed by atoms with Crippen LogP contribution in [0.2, 0.25) is 5.15 Å². The Balaban J connectivity index is 1.45. The number of carbonyl (C=O) groups excluding carboxylic acids is 1. The van der Waals surface area contributed by atoms with Gasteiger partial charge in [-0.15, -0.1) is 0 Å². The maximum Gasteiger partial charge on any atom is 0.311 e. The van der Waals surface area contributed by atoms with Gasteiger partial charge in [0.05, 0.1) is 30.5 Å². The predicted molar refractivity (Wildman–Crippen MR) is 134 cm³/mol. The van der Waals surface area contributed by atoms with Crippen LogP contribution in [-0.2, 0) is 9.53 Å². The van der Waals surface area contributed by atoms with Crippen LogP contribution in [0.5, 0.6) is 0 Å². The molecule has 0 radical (unpaired) electrons. The summed E-state index contributed by atoms with van der Waals surface area (Å²) in [5.74, 6) is 1.60. The third-order valence-corrected chi connectivity index (χ3v) is 7.58. The van der Waals surface area contributed by atoms with Crippen molar-refractivity contribution in [2.75, 3.05) is 12.4 Å². The van der Waals surface area contributed by atoms with E-state index < -0.39 is 0 Å². The molecule has 3 fully saturated rings. The van der Waals surface area contributed by atoms with Crippen molar-refractivity contribution in [3.63, 3.8) is 0 Å². The average Bonchev–Trinajstić information content (AvgIpc) is 3.32. The molecule has 3 heterocycles. The van der Waals surface area contributed by atoms with Crippen LogP contribution in [0.4, 0.5) is 5.82 Å². The second-order valence-corrected chi connectivity index (χ2v) is 9.70. The fraction of sp³-hybridized carbons (Fsp3) is 0.346. The number of carbonyl (C=O) groups is 1. The molecule has 35 heavy (non-hydrogen) atoms. The monoisotopic (exact) mass is 488 g/mol. The minimum atomic E-state index is -0.177. The number of H-pyrrole nitrogens is 1. The molecule has 0 aliphatic heterocycles. The average molecular weight is 489 g/mol. The molecule has 0 amide bonds. The number of aromatic amines is 1. The van der Waals surface area contributed by atoms with E-state index in [4.69, 9.17) is 26.3 Å². The van der Waals surface area contributed by atoms with Crippen LogP contribution in [0, 0.1) is 17.8 Å². The molecular formula is C26H25ClN6O2. The number of anilines is 1. The lowest BCUT2D eigenvalue weighted by atomic mass is 9.61. The first-order valence-corrected chi connectivity index (χ1v) is 12.3. The van der Waals surface area contributed by atoms with Crippen molar-refractivity contribution in [3.8, 4) is 22.6 Å². The molecule has 1 aromatic carbocycles. The highest BCUT2D eigenvalue weighted by molar-refractivity contribution is 6.29. The van der Waals surface area contributed by atoms with Crippen LogP contribution in [0.25, 0.3) is 33.8 Å². The molecule has 7 rings (SSSR count). The molecule has 0 saturated heterocycles. The number of nitrogens with one attached hydrogen (secondary N) is 2. The number of fused-ring (bicyclic) bond motifs is 4. The van der Waals surface area contributed by atoms with E-state index in [1.165, 1.54) is 13.3 Å². The molecule has 2 N–H and O–H groups in total. The van der Waals surface area contributed by atoms with E-state index in [1.807, 2.05) is 36.4 Å². The maximum atomic E-state index is 12.8. The number of benzene rings is 1. The number of halogens is 1. The molecule has 4 aromatic rings. The van der Waals surface area contributed by atoms with Gasteiger partial charge in [0.25, 0.3) is 0 Å². The van der Waals surface area contributed by atoms with Crippen molar-refractivity contribution in [3.05, 3.63) is 53.9 Å². The Morgan fingerprint density at radius 3 is 2.63 bits per heavy atom. The molecular weight excluding hydrogens is 464 g/mol. The number of methoxy groups -OCH3 is 1. The van der Waals surface area contributed by atoms with Crippen molar-refractivity contribution in [1.29, 1.82) is 0 Å². The summed E-state index contributed by atoms with van der Waals surface area (Å²) < 4.78 is 5.20. The topological polar surface area (TPSA) is 106 Å². The molecule has 178 valence electrons. The number of rotatable bonds is 5. The van der Waals surface area contributed by atoms with E-state index in [9.17, 15) is 4.79 Å². The fourth-order valence-electron chi connectivity index (χ4n) is 5.74. The minimum absolute atomic E-state index is 0.0291. The zero-order valence-corrected chi connectivity index (χ0v) is 20.0. The molecule has 2 unspecified atom stereocenters. The number of aromatic nitrogens is 5. The molecule has 8 nitrogen and oxygen atoms in total. The van der Waals surface area contributed by atoms with E-state index >= 15 is 0 Å². The lowest BCUT2D eigenvalue weighted by Gasteiger charge is -2.47. The van der Waals surface area contributed by atoms with Gasteiger partial charge in [0, 0.05) is 23.9 Å². The zero-order chi connectivity index (χ0) is 23.9. The fourth-order valence-corrected chi connectivity index (χ4v) is 5.88. The normalized spacial score (nSPS) is 23.4. The van der Waals surface area contributed by atoms with Crippen molar-refractivity contribution in [2.45, 2.75) is 31.7 Å². The number of nitrogens with zero attached hydrogens (tertiary/aromatic N) is 4. The van der Waals surface area contributed by atoms with Crippen LogP contribution in [-0.4, -0.2) is 44.0 Å².